The van der Waals surface area contributed by atoms with Crippen LogP contribution in [0.5, 0.6) is 0 Å². The zero-order valence-electron chi connectivity index (χ0n) is 7.61. The Labute approximate surface area is 68.6 Å². The van der Waals surface area contributed by atoms with Gasteiger partial charge in [0.15, 0.2) is 0 Å². The smallest absolute Gasteiger partial charge is 0.115 e. The van der Waals surface area contributed by atoms with E-state index >= 15 is 0 Å². The molecule has 1 aliphatic rings. The minimum absolute atomic E-state index is 0.560. The van der Waals surface area contributed by atoms with Gasteiger partial charge in [-0.25, -0.2) is 0 Å². The first-order valence-corrected chi connectivity index (χ1v) is 4.35. The second-order valence-corrected chi connectivity index (χ2v) is 3.12. The number of allylic oxidation sites excluding steroid dienone is 2. The van der Waals surface area contributed by atoms with E-state index in [1.165, 1.54) is 5.70 Å². The third-order valence-corrected chi connectivity index (χ3v) is 1.89. The van der Waals surface area contributed by atoms with Crippen molar-refractivity contribution >= 4 is 0 Å². The molecule has 1 N–H and O–H groups in total. The van der Waals surface area contributed by atoms with Crippen LogP contribution in [0.15, 0.2) is 11.5 Å². The van der Waals surface area contributed by atoms with Gasteiger partial charge in [-0.1, -0.05) is 20.8 Å². The maximum Gasteiger partial charge on any atom is 0.115 e. The molecular formula is C9H17NO. The molecule has 0 unspecified atom stereocenters. The fraction of sp³-hybridized carbons (Fsp3) is 0.778. The van der Waals surface area contributed by atoms with Gasteiger partial charge in [0, 0.05) is 13.0 Å². The average Bonchev–Trinajstić information content (AvgIpc) is 2.04. The van der Waals surface area contributed by atoms with E-state index < -0.39 is 0 Å². The number of hydrogen-bond donors (Lipinski definition) is 1. The lowest BCUT2D eigenvalue weighted by Gasteiger charge is -2.24. The number of nitrogens with one attached hydrogen (secondary N) is 1. The highest BCUT2D eigenvalue weighted by Crippen LogP contribution is 2.18. The molecule has 0 radical (unpaired) electrons. The second-order valence-electron chi connectivity index (χ2n) is 3.12. The van der Waals surface area contributed by atoms with Crippen LogP contribution in [0.4, 0.5) is 0 Å². The molecule has 0 aromatic carbocycles. The molecule has 64 valence electrons. The van der Waals surface area contributed by atoms with Gasteiger partial charge in [-0.3, -0.25) is 0 Å². The molecule has 0 aromatic rings. The van der Waals surface area contributed by atoms with E-state index in [0.717, 1.165) is 25.3 Å². The van der Waals surface area contributed by atoms with E-state index in [-0.39, 0.29) is 0 Å². The van der Waals surface area contributed by atoms with Crippen molar-refractivity contribution < 1.29 is 4.74 Å². The Morgan fingerprint density at radius 2 is 2.27 bits per heavy atom. The molecule has 0 amide bonds. The van der Waals surface area contributed by atoms with E-state index in [1.807, 2.05) is 0 Å². The van der Waals surface area contributed by atoms with E-state index in [2.05, 4.69) is 26.1 Å². The van der Waals surface area contributed by atoms with E-state index in [4.69, 9.17) is 4.74 Å². The van der Waals surface area contributed by atoms with Gasteiger partial charge in [-0.15, -0.1) is 0 Å². The van der Waals surface area contributed by atoms with E-state index in [9.17, 15) is 0 Å². The average molecular weight is 155 g/mol. The maximum absolute atomic E-state index is 5.52. The van der Waals surface area contributed by atoms with Crippen LogP contribution < -0.4 is 5.32 Å². The first-order valence-electron chi connectivity index (χ1n) is 4.35. The molecule has 0 saturated heterocycles. The van der Waals surface area contributed by atoms with Crippen LogP contribution in [0.3, 0.4) is 0 Å². The molecule has 0 fully saturated rings. The van der Waals surface area contributed by atoms with Crippen molar-refractivity contribution in [1.82, 2.24) is 5.32 Å². The molecule has 0 atom stereocenters. The molecule has 0 bridgehead atoms. The van der Waals surface area contributed by atoms with Crippen LogP contribution >= 0.6 is 0 Å². The normalized spacial score (nSPS) is 18.2. The number of ether oxygens (including phenoxy) is 1. The molecule has 0 saturated carbocycles. The molecule has 2 nitrogen and oxygen atoms in total. The summed E-state index contributed by atoms with van der Waals surface area (Å²) in [5.41, 5.74) is 1.29. The first-order chi connectivity index (χ1) is 5.25. The number of hydrogen-bond acceptors (Lipinski definition) is 2. The van der Waals surface area contributed by atoms with Crippen LogP contribution in [-0.2, 0) is 4.74 Å². The molecule has 2 heteroatoms. The SMILES string of the molecule is CCC1=C(C(C)C)NCCO1. The monoisotopic (exact) mass is 155 g/mol. The Morgan fingerprint density at radius 1 is 1.55 bits per heavy atom. The van der Waals surface area contributed by atoms with Crippen LogP contribution in [0.1, 0.15) is 27.2 Å². The molecule has 11 heavy (non-hydrogen) atoms. The van der Waals surface area contributed by atoms with Crippen molar-refractivity contribution in [1.29, 1.82) is 0 Å². The lowest BCUT2D eigenvalue weighted by atomic mass is 10.1. The topological polar surface area (TPSA) is 21.3 Å². The van der Waals surface area contributed by atoms with Crippen molar-refractivity contribution in [3.05, 3.63) is 11.5 Å². The van der Waals surface area contributed by atoms with Gasteiger partial charge in [0.25, 0.3) is 0 Å². The van der Waals surface area contributed by atoms with Gasteiger partial charge in [0.05, 0.1) is 5.70 Å². The standard InChI is InChI=1S/C9H17NO/c1-4-8-9(7(2)3)10-5-6-11-8/h7,10H,4-6H2,1-3H3. The number of rotatable bonds is 2. The highest BCUT2D eigenvalue weighted by atomic mass is 16.5. The van der Waals surface area contributed by atoms with Crippen LogP contribution in [0.2, 0.25) is 0 Å². The summed E-state index contributed by atoms with van der Waals surface area (Å²) in [5, 5.41) is 3.37. The Kier molecular flexibility index (Phi) is 2.80. The Hall–Kier alpha value is -0.660. The molecule has 1 aliphatic heterocycles. The maximum atomic E-state index is 5.52. The van der Waals surface area contributed by atoms with Crippen molar-refractivity contribution in [2.75, 3.05) is 13.2 Å². The predicted octanol–water partition coefficient (Wildman–Crippen LogP) is 1.88. The highest BCUT2D eigenvalue weighted by molar-refractivity contribution is 5.10. The van der Waals surface area contributed by atoms with Crippen molar-refractivity contribution in [3.8, 4) is 0 Å². The molecule has 1 heterocycles. The van der Waals surface area contributed by atoms with Gasteiger partial charge >= 0.3 is 0 Å². The highest BCUT2D eigenvalue weighted by Gasteiger charge is 2.13. The summed E-state index contributed by atoms with van der Waals surface area (Å²) in [5.74, 6) is 1.71. The van der Waals surface area contributed by atoms with Crippen LogP contribution in [-0.4, -0.2) is 13.2 Å². The minimum Gasteiger partial charge on any atom is -0.494 e. The first kappa shape index (κ1) is 8.44. The quantitative estimate of drug-likeness (QED) is 0.657. The summed E-state index contributed by atoms with van der Waals surface area (Å²) in [4.78, 5) is 0. The lowest BCUT2D eigenvalue weighted by molar-refractivity contribution is 0.177. The third-order valence-electron chi connectivity index (χ3n) is 1.89. The molecular weight excluding hydrogens is 138 g/mol. The van der Waals surface area contributed by atoms with Gasteiger partial charge in [-0.2, -0.15) is 0 Å². The summed E-state index contributed by atoms with van der Waals surface area (Å²) in [7, 11) is 0. The van der Waals surface area contributed by atoms with Crippen LogP contribution in [0, 0.1) is 5.92 Å². The lowest BCUT2D eigenvalue weighted by Crippen LogP contribution is -2.29. The largest absolute Gasteiger partial charge is 0.494 e. The molecule has 0 aliphatic carbocycles. The second kappa shape index (κ2) is 3.65. The molecule has 0 aromatic heterocycles. The third kappa shape index (κ3) is 1.88. The Morgan fingerprint density at radius 3 is 2.73 bits per heavy atom. The predicted molar refractivity (Wildman–Crippen MR) is 46.1 cm³/mol. The van der Waals surface area contributed by atoms with E-state index in [0.29, 0.717) is 5.92 Å². The summed E-state index contributed by atoms with van der Waals surface area (Å²) in [6.07, 6.45) is 1.00. The van der Waals surface area contributed by atoms with Crippen molar-refractivity contribution in [2.24, 2.45) is 5.92 Å². The molecule has 0 spiro atoms. The summed E-state index contributed by atoms with van der Waals surface area (Å²) < 4.78 is 5.52. The zero-order valence-corrected chi connectivity index (χ0v) is 7.61. The van der Waals surface area contributed by atoms with Crippen molar-refractivity contribution in [3.63, 3.8) is 0 Å². The van der Waals surface area contributed by atoms with Gasteiger partial charge < -0.3 is 10.1 Å². The van der Waals surface area contributed by atoms with Gasteiger partial charge in [0.2, 0.25) is 0 Å². The summed E-state index contributed by atoms with van der Waals surface area (Å²) in [6, 6.07) is 0. The summed E-state index contributed by atoms with van der Waals surface area (Å²) >= 11 is 0. The fourth-order valence-corrected chi connectivity index (χ4v) is 1.35. The minimum atomic E-state index is 0.560. The Bertz CT molecular complexity index is 161. The summed E-state index contributed by atoms with van der Waals surface area (Å²) in [6.45, 7) is 8.28. The van der Waals surface area contributed by atoms with Gasteiger partial charge in [-0.05, 0) is 5.92 Å². The zero-order chi connectivity index (χ0) is 8.27. The van der Waals surface area contributed by atoms with Crippen LogP contribution in [0.25, 0.3) is 0 Å². The van der Waals surface area contributed by atoms with Gasteiger partial charge in [0.1, 0.15) is 12.4 Å². The van der Waals surface area contributed by atoms with E-state index in [1.54, 1.807) is 0 Å². The van der Waals surface area contributed by atoms with Crippen molar-refractivity contribution in [2.45, 2.75) is 27.2 Å². The Balaban J connectivity index is 2.73. The fourth-order valence-electron chi connectivity index (χ4n) is 1.35. The molecule has 1 rings (SSSR count).